The first-order valence-electron chi connectivity index (χ1n) is 5.26. The van der Waals surface area contributed by atoms with Crippen LogP contribution in [0.15, 0.2) is 0 Å². The second-order valence-corrected chi connectivity index (χ2v) is 4.99. The summed E-state index contributed by atoms with van der Waals surface area (Å²) in [6.45, 7) is 4.38. The van der Waals surface area contributed by atoms with Crippen molar-refractivity contribution in [2.75, 3.05) is 26.9 Å². The zero-order valence-electron chi connectivity index (χ0n) is 9.94. The third-order valence-corrected chi connectivity index (χ3v) is 3.46. The molecule has 2 atom stereocenters. The van der Waals surface area contributed by atoms with Gasteiger partial charge in [-0.05, 0) is 13.3 Å². The van der Waals surface area contributed by atoms with Crippen LogP contribution in [0.25, 0.3) is 0 Å². The lowest BCUT2D eigenvalue weighted by Crippen LogP contribution is -2.34. The molecule has 0 saturated heterocycles. The summed E-state index contributed by atoms with van der Waals surface area (Å²) in [6, 6.07) is -0.217. The maximum atomic E-state index is 11.4. The van der Waals surface area contributed by atoms with Crippen LogP contribution >= 0.6 is 22.6 Å². The van der Waals surface area contributed by atoms with Crippen molar-refractivity contribution in [1.29, 1.82) is 0 Å². The minimum atomic E-state index is -0.254. The number of carbonyl (C=O) groups is 1. The van der Waals surface area contributed by atoms with Crippen LogP contribution in [-0.2, 0) is 14.3 Å². The molecule has 0 aromatic rings. The first-order chi connectivity index (χ1) is 7.52. The Morgan fingerprint density at radius 1 is 1.56 bits per heavy atom. The number of rotatable bonds is 8. The van der Waals surface area contributed by atoms with Gasteiger partial charge < -0.3 is 19.7 Å². The lowest BCUT2D eigenvalue weighted by molar-refractivity contribution is -0.143. The summed E-state index contributed by atoms with van der Waals surface area (Å²) in [5.41, 5.74) is 0. The fourth-order valence-corrected chi connectivity index (χ4v) is 1.22. The molecule has 0 amide bonds. The lowest BCUT2D eigenvalue weighted by Gasteiger charge is -2.34. The lowest BCUT2D eigenvalue weighted by atomic mass is 10.3. The molecule has 0 fully saturated rings. The van der Waals surface area contributed by atoms with E-state index in [1.807, 2.05) is 29.5 Å². The molecule has 0 rings (SSSR count). The Hall–Kier alpha value is 0.0800. The molecular formula is C10H19INO4-. The van der Waals surface area contributed by atoms with E-state index in [0.717, 1.165) is 11.5 Å². The summed E-state index contributed by atoms with van der Waals surface area (Å²) in [5, 5.41) is 12.3. The van der Waals surface area contributed by atoms with Gasteiger partial charge in [-0.15, -0.1) is 0 Å². The molecule has 0 heterocycles. The Bertz CT molecular complexity index is 203. The van der Waals surface area contributed by atoms with Gasteiger partial charge in [0.2, 0.25) is 0 Å². The Morgan fingerprint density at radius 2 is 2.19 bits per heavy atom. The average molecular weight is 344 g/mol. The highest BCUT2D eigenvalue weighted by Crippen LogP contribution is 2.07. The molecule has 0 bridgehead atoms. The largest absolute Gasteiger partial charge is 0.785 e. The number of alkyl halides is 1. The summed E-state index contributed by atoms with van der Waals surface area (Å²) in [7, 11) is 1.55. The van der Waals surface area contributed by atoms with Gasteiger partial charge in [0.05, 0.1) is 6.61 Å². The van der Waals surface area contributed by atoms with E-state index in [1.165, 1.54) is 0 Å². The highest BCUT2D eigenvalue weighted by atomic mass is 127. The van der Waals surface area contributed by atoms with Gasteiger partial charge in [-0.25, -0.2) is 0 Å². The number of carbonyl (C=O) groups excluding carboxylic acids is 1. The second-order valence-electron chi connectivity index (χ2n) is 3.49. The predicted octanol–water partition coefficient (Wildman–Crippen LogP) is 1.58. The highest BCUT2D eigenvalue weighted by molar-refractivity contribution is 14.1. The van der Waals surface area contributed by atoms with Gasteiger partial charge in [-0.1, -0.05) is 29.5 Å². The molecule has 6 heteroatoms. The molecule has 0 saturated carbocycles. The molecule has 2 unspecified atom stereocenters. The first-order valence-corrected chi connectivity index (χ1v) is 6.50. The fourth-order valence-electron chi connectivity index (χ4n) is 1.04. The Balaban J connectivity index is 3.69. The standard InChI is InChI=1S/C10H19INO4/c1-4-9(11)10(13)16-6-5-12(14)8(2)7-15-3/h8-9H,4-7H2,1-3H3/q-1. The molecule has 0 N–H and O–H groups in total. The Labute approximate surface area is 110 Å². The van der Waals surface area contributed by atoms with Crippen LogP contribution in [0.2, 0.25) is 0 Å². The number of halogens is 1. The van der Waals surface area contributed by atoms with Crippen molar-refractivity contribution >= 4 is 28.6 Å². The summed E-state index contributed by atoms with van der Waals surface area (Å²) in [4.78, 5) is 11.3. The topological polar surface area (TPSA) is 61.8 Å². The van der Waals surface area contributed by atoms with E-state index in [-0.39, 0.29) is 29.1 Å². The normalized spacial score (nSPS) is 14.9. The van der Waals surface area contributed by atoms with Gasteiger partial charge in [0.1, 0.15) is 10.5 Å². The molecule has 0 radical (unpaired) electrons. The summed E-state index contributed by atoms with van der Waals surface area (Å²) in [6.07, 6.45) is 0.737. The van der Waals surface area contributed by atoms with Gasteiger partial charge in [0.25, 0.3) is 0 Å². The number of ether oxygens (including phenoxy) is 2. The second kappa shape index (κ2) is 9.15. The fraction of sp³-hybridized carbons (Fsp3) is 0.900. The molecule has 0 aliphatic carbocycles. The monoisotopic (exact) mass is 344 g/mol. The van der Waals surface area contributed by atoms with Crippen molar-refractivity contribution in [3.63, 3.8) is 0 Å². The van der Waals surface area contributed by atoms with Crippen LogP contribution in [0, 0.1) is 5.21 Å². The number of esters is 1. The maximum absolute atomic E-state index is 11.4. The predicted molar refractivity (Wildman–Crippen MR) is 70.5 cm³/mol. The molecule has 5 nitrogen and oxygen atoms in total. The molecule has 0 aliphatic heterocycles. The number of nitrogens with zero attached hydrogens (tertiary/aromatic N) is 1. The van der Waals surface area contributed by atoms with Crippen LogP contribution in [0.4, 0.5) is 0 Å². The molecule has 0 aliphatic rings. The SMILES string of the molecule is CCC(I)C(=O)OCCN([O-])C(C)COC. The third kappa shape index (κ3) is 6.62. The average Bonchev–Trinajstić information content (AvgIpc) is 2.27. The van der Waals surface area contributed by atoms with Crippen molar-refractivity contribution in [2.24, 2.45) is 0 Å². The molecule has 0 spiro atoms. The van der Waals surface area contributed by atoms with Crippen LogP contribution in [0.3, 0.4) is 0 Å². The number of hydrogen-bond donors (Lipinski definition) is 0. The van der Waals surface area contributed by atoms with E-state index in [9.17, 15) is 10.0 Å². The van der Waals surface area contributed by atoms with E-state index in [2.05, 4.69) is 0 Å². The number of methoxy groups -OCH3 is 1. The van der Waals surface area contributed by atoms with E-state index in [0.29, 0.717) is 6.61 Å². The van der Waals surface area contributed by atoms with Crippen LogP contribution in [0.1, 0.15) is 20.3 Å². The van der Waals surface area contributed by atoms with Crippen molar-refractivity contribution < 1.29 is 14.3 Å². The van der Waals surface area contributed by atoms with Gasteiger partial charge >= 0.3 is 5.97 Å². The minimum absolute atomic E-state index is 0.130. The van der Waals surface area contributed by atoms with Crippen LogP contribution in [0.5, 0.6) is 0 Å². The van der Waals surface area contributed by atoms with E-state index in [4.69, 9.17) is 9.47 Å². The molecule has 0 aromatic carbocycles. The van der Waals surface area contributed by atoms with Gasteiger partial charge in [0.15, 0.2) is 0 Å². The molecular weight excluding hydrogens is 325 g/mol. The third-order valence-electron chi connectivity index (χ3n) is 2.07. The van der Waals surface area contributed by atoms with E-state index in [1.54, 1.807) is 14.0 Å². The van der Waals surface area contributed by atoms with E-state index < -0.39 is 0 Å². The number of hydrogen-bond acceptors (Lipinski definition) is 5. The van der Waals surface area contributed by atoms with Crippen LogP contribution < -0.4 is 0 Å². The number of hydroxylamine groups is 2. The molecule has 0 aromatic heterocycles. The minimum Gasteiger partial charge on any atom is -0.785 e. The van der Waals surface area contributed by atoms with Gasteiger partial charge in [-0.3, -0.25) is 4.79 Å². The van der Waals surface area contributed by atoms with Crippen molar-refractivity contribution in [3.05, 3.63) is 5.21 Å². The maximum Gasteiger partial charge on any atom is 0.318 e. The van der Waals surface area contributed by atoms with Crippen molar-refractivity contribution in [1.82, 2.24) is 5.06 Å². The molecule has 16 heavy (non-hydrogen) atoms. The smallest absolute Gasteiger partial charge is 0.318 e. The Morgan fingerprint density at radius 3 is 2.69 bits per heavy atom. The van der Waals surface area contributed by atoms with Gasteiger partial charge in [-0.2, -0.15) is 0 Å². The quantitative estimate of drug-likeness (QED) is 0.290. The van der Waals surface area contributed by atoms with Crippen molar-refractivity contribution in [3.8, 4) is 0 Å². The Kier molecular flexibility index (Phi) is 9.19. The zero-order valence-corrected chi connectivity index (χ0v) is 12.1. The summed E-state index contributed by atoms with van der Waals surface area (Å²) in [5.74, 6) is -0.254. The van der Waals surface area contributed by atoms with Crippen molar-refractivity contribution in [2.45, 2.75) is 30.2 Å². The highest BCUT2D eigenvalue weighted by Gasteiger charge is 2.13. The van der Waals surface area contributed by atoms with Crippen LogP contribution in [-0.4, -0.2) is 47.9 Å². The zero-order chi connectivity index (χ0) is 12.6. The molecule has 96 valence electrons. The summed E-state index contributed by atoms with van der Waals surface area (Å²) < 4.78 is 9.69. The first kappa shape index (κ1) is 16.1. The van der Waals surface area contributed by atoms with Gasteiger partial charge in [0, 0.05) is 19.7 Å². The summed E-state index contributed by atoms with van der Waals surface area (Å²) >= 11 is 2.03. The van der Waals surface area contributed by atoms with E-state index >= 15 is 0 Å².